The van der Waals surface area contributed by atoms with E-state index in [1.54, 1.807) is 6.07 Å². The van der Waals surface area contributed by atoms with Crippen molar-refractivity contribution in [1.29, 1.82) is 0 Å². The molecule has 2 aliphatic rings. The van der Waals surface area contributed by atoms with E-state index in [1.165, 1.54) is 13.2 Å². The fourth-order valence-corrected chi connectivity index (χ4v) is 4.75. The van der Waals surface area contributed by atoms with Gasteiger partial charge >= 0.3 is 0 Å². The Hall–Kier alpha value is -3.04. The zero-order valence-electron chi connectivity index (χ0n) is 19.5. The number of nitrogens with one attached hydrogen (secondary N) is 1. The Morgan fingerprint density at radius 2 is 1.94 bits per heavy atom. The Kier molecular flexibility index (Phi) is 6.97. The summed E-state index contributed by atoms with van der Waals surface area (Å²) in [5.41, 5.74) is 1.47. The fraction of sp³-hybridized carbons (Fsp3) is 0.423. The average molecular weight is 488 g/mol. The lowest BCUT2D eigenvalue weighted by Crippen LogP contribution is -2.51. The van der Waals surface area contributed by atoms with Crippen LogP contribution in [0.15, 0.2) is 36.5 Å². The molecule has 2 aliphatic heterocycles. The summed E-state index contributed by atoms with van der Waals surface area (Å²) in [6.07, 6.45) is 0.935. The van der Waals surface area contributed by atoms with Gasteiger partial charge in [0, 0.05) is 42.7 Å². The summed E-state index contributed by atoms with van der Waals surface area (Å²) in [6, 6.07) is 8.31. The molecule has 9 heteroatoms. The summed E-state index contributed by atoms with van der Waals surface area (Å²) in [4.78, 5) is 5.88. The van der Waals surface area contributed by atoms with E-state index in [4.69, 9.17) is 14.2 Å². The maximum absolute atomic E-state index is 15.0. The monoisotopic (exact) mass is 487 g/mol. The van der Waals surface area contributed by atoms with E-state index >= 15 is 0 Å². The minimum absolute atomic E-state index is 0.104. The Balaban J connectivity index is 1.18. The molecule has 0 saturated carbocycles. The smallest absolute Gasteiger partial charge is 0.161 e. The number of benzene rings is 2. The van der Waals surface area contributed by atoms with Crippen molar-refractivity contribution in [2.45, 2.75) is 31.6 Å². The van der Waals surface area contributed by atoms with Crippen LogP contribution in [0.25, 0.3) is 10.9 Å². The number of rotatable bonds is 7. The number of nitrogens with zero attached hydrogens (tertiary/aromatic N) is 2. The first-order valence-electron chi connectivity index (χ1n) is 11.8. The van der Waals surface area contributed by atoms with Gasteiger partial charge < -0.3 is 19.5 Å². The fourth-order valence-electron chi connectivity index (χ4n) is 4.75. The van der Waals surface area contributed by atoms with E-state index in [1.807, 2.05) is 23.1 Å². The van der Waals surface area contributed by atoms with Gasteiger partial charge in [-0.25, -0.2) is 13.2 Å². The van der Waals surface area contributed by atoms with Crippen LogP contribution in [0.2, 0.25) is 0 Å². The van der Waals surface area contributed by atoms with Crippen LogP contribution in [0.5, 0.6) is 17.2 Å². The first-order chi connectivity index (χ1) is 17.0. The highest BCUT2D eigenvalue weighted by atomic mass is 19.1. The SMILES string of the molecule is COc1cc(F)c2ncc(F)c(CCN3CCC(NCc4ccc5c(c4)OCCO5)C(F)C3)c2c1. The van der Waals surface area contributed by atoms with E-state index in [0.29, 0.717) is 62.4 Å². The molecule has 6 nitrogen and oxygen atoms in total. The molecule has 1 saturated heterocycles. The molecule has 2 atom stereocenters. The third-order valence-corrected chi connectivity index (χ3v) is 6.67. The molecule has 2 aromatic carbocycles. The third-order valence-electron chi connectivity index (χ3n) is 6.67. The van der Waals surface area contributed by atoms with E-state index in [2.05, 4.69) is 10.3 Å². The standard InChI is InChI=1S/C26H28F3N3O3/c1-33-17-11-19-18(21(28)14-31-26(19)20(27)12-17)4-6-32-7-5-23(22(29)15-32)30-13-16-2-3-24-25(10-16)35-9-8-34-24/h2-3,10-12,14,22-23,30H,4-9,13,15H2,1H3. The number of piperidine rings is 1. The number of methoxy groups -OCH3 is 1. The number of ether oxygens (including phenoxy) is 3. The van der Waals surface area contributed by atoms with Gasteiger partial charge in [-0.1, -0.05) is 6.07 Å². The summed E-state index contributed by atoms with van der Waals surface area (Å²) in [5.74, 6) is 0.691. The van der Waals surface area contributed by atoms with Gasteiger partial charge in [-0.2, -0.15) is 0 Å². The van der Waals surface area contributed by atoms with Gasteiger partial charge in [-0.15, -0.1) is 0 Å². The maximum Gasteiger partial charge on any atom is 0.161 e. The molecule has 1 fully saturated rings. The molecule has 5 rings (SSSR count). The molecular weight excluding hydrogens is 459 g/mol. The first-order valence-corrected chi connectivity index (χ1v) is 11.8. The number of halogens is 3. The van der Waals surface area contributed by atoms with Crippen LogP contribution in [0.1, 0.15) is 17.5 Å². The summed E-state index contributed by atoms with van der Waals surface area (Å²) in [6.45, 7) is 2.99. The lowest BCUT2D eigenvalue weighted by molar-refractivity contribution is 0.104. The highest BCUT2D eigenvalue weighted by Gasteiger charge is 2.29. The van der Waals surface area contributed by atoms with E-state index in [-0.39, 0.29) is 18.1 Å². The lowest BCUT2D eigenvalue weighted by atomic mass is 10.0. The van der Waals surface area contributed by atoms with Gasteiger partial charge in [0.1, 0.15) is 36.5 Å². The van der Waals surface area contributed by atoms with E-state index < -0.39 is 17.8 Å². The molecule has 0 amide bonds. The van der Waals surface area contributed by atoms with Crippen LogP contribution < -0.4 is 19.5 Å². The molecule has 0 radical (unpaired) electrons. The van der Waals surface area contributed by atoms with E-state index in [9.17, 15) is 13.2 Å². The Labute approximate surface area is 202 Å². The normalized spacial score (nSPS) is 20.2. The van der Waals surface area contributed by atoms with Crippen molar-refractivity contribution in [3.63, 3.8) is 0 Å². The molecule has 3 heterocycles. The van der Waals surface area contributed by atoms with Crippen molar-refractivity contribution in [3.05, 3.63) is 59.3 Å². The predicted octanol–water partition coefficient (Wildman–Crippen LogP) is 4.04. The van der Waals surface area contributed by atoms with Gasteiger partial charge in [0.15, 0.2) is 17.3 Å². The van der Waals surface area contributed by atoms with Gasteiger partial charge in [-0.05, 0) is 43.1 Å². The Bertz CT molecular complexity index is 1210. The topological polar surface area (TPSA) is 55.9 Å². The summed E-state index contributed by atoms with van der Waals surface area (Å²) >= 11 is 0. The van der Waals surface area contributed by atoms with Gasteiger partial charge in [0.2, 0.25) is 0 Å². The van der Waals surface area contributed by atoms with Crippen molar-refractivity contribution in [2.75, 3.05) is 40.0 Å². The van der Waals surface area contributed by atoms with Crippen LogP contribution in [0.3, 0.4) is 0 Å². The number of alkyl halides is 1. The largest absolute Gasteiger partial charge is 0.497 e. The van der Waals surface area contributed by atoms with Crippen molar-refractivity contribution < 1.29 is 27.4 Å². The molecule has 0 bridgehead atoms. The second kappa shape index (κ2) is 10.3. The number of pyridine rings is 1. The van der Waals surface area contributed by atoms with Crippen LogP contribution in [-0.2, 0) is 13.0 Å². The number of fused-ring (bicyclic) bond motifs is 2. The van der Waals surface area contributed by atoms with Crippen molar-refractivity contribution >= 4 is 10.9 Å². The van der Waals surface area contributed by atoms with Crippen molar-refractivity contribution in [2.24, 2.45) is 0 Å². The number of hydrogen-bond donors (Lipinski definition) is 1. The average Bonchev–Trinajstić information content (AvgIpc) is 2.87. The molecule has 3 aromatic rings. The summed E-state index contributed by atoms with van der Waals surface area (Å²) < 4.78 is 60.2. The van der Waals surface area contributed by atoms with Gasteiger partial charge in [-0.3, -0.25) is 9.88 Å². The zero-order valence-corrected chi connectivity index (χ0v) is 19.5. The Morgan fingerprint density at radius 3 is 2.74 bits per heavy atom. The third kappa shape index (κ3) is 5.16. The molecule has 0 aliphatic carbocycles. The molecule has 2 unspecified atom stereocenters. The van der Waals surface area contributed by atoms with Crippen LogP contribution in [0.4, 0.5) is 13.2 Å². The minimum Gasteiger partial charge on any atom is -0.497 e. The molecule has 35 heavy (non-hydrogen) atoms. The van der Waals surface area contributed by atoms with Crippen LogP contribution in [0, 0.1) is 11.6 Å². The number of aromatic nitrogens is 1. The number of likely N-dealkylation sites (tertiary alicyclic amines) is 1. The molecule has 1 aromatic heterocycles. The highest BCUT2D eigenvalue weighted by Crippen LogP contribution is 2.31. The Morgan fingerprint density at radius 1 is 1.11 bits per heavy atom. The van der Waals surface area contributed by atoms with Crippen molar-refractivity contribution in [1.82, 2.24) is 15.2 Å². The second-order valence-electron chi connectivity index (χ2n) is 8.91. The second-order valence-corrected chi connectivity index (χ2v) is 8.91. The summed E-state index contributed by atoms with van der Waals surface area (Å²) in [7, 11) is 1.43. The molecule has 0 spiro atoms. The molecule has 1 N–H and O–H groups in total. The highest BCUT2D eigenvalue weighted by molar-refractivity contribution is 5.84. The number of hydrogen-bond acceptors (Lipinski definition) is 6. The van der Waals surface area contributed by atoms with E-state index in [0.717, 1.165) is 23.3 Å². The summed E-state index contributed by atoms with van der Waals surface area (Å²) in [5, 5.41) is 3.70. The zero-order chi connectivity index (χ0) is 24.4. The minimum atomic E-state index is -1.06. The van der Waals surface area contributed by atoms with Crippen LogP contribution >= 0.6 is 0 Å². The first kappa shape index (κ1) is 23.7. The van der Waals surface area contributed by atoms with Crippen molar-refractivity contribution in [3.8, 4) is 17.2 Å². The predicted molar refractivity (Wildman–Crippen MR) is 126 cm³/mol. The lowest BCUT2D eigenvalue weighted by Gasteiger charge is -2.35. The molecular formula is C26H28F3N3O3. The quantitative estimate of drug-likeness (QED) is 0.543. The molecule has 186 valence electrons. The van der Waals surface area contributed by atoms with Gasteiger partial charge in [0.05, 0.1) is 13.3 Å². The van der Waals surface area contributed by atoms with Gasteiger partial charge in [0.25, 0.3) is 0 Å². The van der Waals surface area contributed by atoms with Crippen LogP contribution in [-0.4, -0.2) is 62.1 Å². The maximum atomic E-state index is 15.0.